The number of likely N-dealkylation sites (tertiary alicyclic amines) is 1. The maximum Gasteiger partial charge on any atom is 0.234 e. The summed E-state index contributed by atoms with van der Waals surface area (Å²) in [5, 5.41) is 15.3. The summed E-state index contributed by atoms with van der Waals surface area (Å²) in [4.78, 5) is 18.5. The van der Waals surface area contributed by atoms with Gasteiger partial charge in [-0.2, -0.15) is 5.26 Å². The number of amides is 1. The topological polar surface area (TPSA) is 81.1 Å². The zero-order valence-corrected chi connectivity index (χ0v) is 14.7. The fraction of sp³-hybridized carbons (Fsp3) is 0.350. The van der Waals surface area contributed by atoms with Crippen molar-refractivity contribution in [2.24, 2.45) is 5.92 Å². The third-order valence-corrected chi connectivity index (χ3v) is 4.56. The first kappa shape index (κ1) is 17.9. The van der Waals surface area contributed by atoms with Crippen molar-refractivity contribution in [1.82, 2.24) is 15.2 Å². The Labute approximate surface area is 153 Å². The van der Waals surface area contributed by atoms with Crippen molar-refractivity contribution in [3.8, 4) is 6.07 Å². The van der Waals surface area contributed by atoms with Gasteiger partial charge in [0.05, 0.1) is 12.1 Å². The summed E-state index contributed by atoms with van der Waals surface area (Å²) in [7, 11) is 0. The van der Waals surface area contributed by atoms with Crippen molar-refractivity contribution in [3.05, 3.63) is 59.8 Å². The van der Waals surface area contributed by atoms with E-state index in [1.54, 1.807) is 18.3 Å². The van der Waals surface area contributed by atoms with Gasteiger partial charge in [-0.1, -0.05) is 30.3 Å². The van der Waals surface area contributed by atoms with E-state index in [0.29, 0.717) is 30.4 Å². The second kappa shape index (κ2) is 8.97. The molecule has 1 aromatic carbocycles. The molecule has 2 N–H and O–H groups in total. The van der Waals surface area contributed by atoms with E-state index in [-0.39, 0.29) is 5.91 Å². The number of hydrogen-bond donors (Lipinski definition) is 2. The van der Waals surface area contributed by atoms with Crippen LogP contribution in [-0.2, 0) is 11.3 Å². The van der Waals surface area contributed by atoms with E-state index >= 15 is 0 Å². The molecule has 6 nitrogen and oxygen atoms in total. The molecule has 1 saturated heterocycles. The summed E-state index contributed by atoms with van der Waals surface area (Å²) in [6.45, 7) is 3.54. The summed E-state index contributed by atoms with van der Waals surface area (Å²) in [6, 6.07) is 15.6. The molecule has 1 atom stereocenters. The number of nitriles is 1. The Morgan fingerprint density at radius 1 is 1.27 bits per heavy atom. The molecule has 1 aliphatic heterocycles. The fourth-order valence-electron chi connectivity index (χ4n) is 3.16. The largest absolute Gasteiger partial charge is 0.369 e. The monoisotopic (exact) mass is 349 g/mol. The highest BCUT2D eigenvalue weighted by Crippen LogP contribution is 2.17. The number of aromatic nitrogens is 1. The molecule has 2 heterocycles. The molecule has 2 aromatic rings. The van der Waals surface area contributed by atoms with Crippen LogP contribution in [0, 0.1) is 17.2 Å². The molecule has 0 saturated carbocycles. The zero-order valence-electron chi connectivity index (χ0n) is 14.7. The Kier molecular flexibility index (Phi) is 6.18. The SMILES string of the molecule is N#Cc1cccnc1NC[C@H]1CCN(CC(=O)NCc2ccccc2)C1. The third-order valence-electron chi connectivity index (χ3n) is 4.56. The number of hydrogen-bond acceptors (Lipinski definition) is 5. The van der Waals surface area contributed by atoms with Gasteiger partial charge in [-0.25, -0.2) is 4.98 Å². The van der Waals surface area contributed by atoms with Crippen LogP contribution in [-0.4, -0.2) is 42.0 Å². The highest BCUT2D eigenvalue weighted by molar-refractivity contribution is 5.78. The molecular weight excluding hydrogens is 326 g/mol. The molecule has 0 aliphatic carbocycles. The molecule has 0 radical (unpaired) electrons. The normalized spacial score (nSPS) is 16.8. The lowest BCUT2D eigenvalue weighted by molar-refractivity contribution is -0.122. The minimum Gasteiger partial charge on any atom is -0.369 e. The molecule has 1 fully saturated rings. The Hall–Kier alpha value is -2.91. The molecule has 1 amide bonds. The van der Waals surface area contributed by atoms with Crippen molar-refractivity contribution >= 4 is 11.7 Å². The predicted octanol–water partition coefficient (Wildman–Crippen LogP) is 2.00. The molecule has 0 bridgehead atoms. The van der Waals surface area contributed by atoms with Gasteiger partial charge < -0.3 is 10.6 Å². The number of carbonyl (C=O) groups excluding carboxylic acids is 1. The number of pyridine rings is 1. The minimum absolute atomic E-state index is 0.0546. The summed E-state index contributed by atoms with van der Waals surface area (Å²) < 4.78 is 0. The minimum atomic E-state index is 0.0546. The molecule has 134 valence electrons. The van der Waals surface area contributed by atoms with Gasteiger partial charge in [-0.3, -0.25) is 9.69 Å². The summed E-state index contributed by atoms with van der Waals surface area (Å²) in [5.74, 6) is 1.14. The lowest BCUT2D eigenvalue weighted by Gasteiger charge is -2.16. The van der Waals surface area contributed by atoms with Crippen LogP contribution in [0.25, 0.3) is 0 Å². The Bertz CT molecular complexity index is 771. The lowest BCUT2D eigenvalue weighted by atomic mass is 10.1. The maximum atomic E-state index is 12.1. The van der Waals surface area contributed by atoms with E-state index in [9.17, 15) is 4.79 Å². The van der Waals surface area contributed by atoms with Crippen LogP contribution in [0.2, 0.25) is 0 Å². The van der Waals surface area contributed by atoms with E-state index in [4.69, 9.17) is 5.26 Å². The molecule has 1 aliphatic rings. The van der Waals surface area contributed by atoms with Crippen LogP contribution in [0.5, 0.6) is 0 Å². The first-order valence-electron chi connectivity index (χ1n) is 8.86. The third kappa shape index (κ3) is 5.04. The van der Waals surface area contributed by atoms with E-state index in [0.717, 1.165) is 31.6 Å². The van der Waals surface area contributed by atoms with Crippen molar-refractivity contribution in [3.63, 3.8) is 0 Å². The van der Waals surface area contributed by atoms with Crippen molar-refractivity contribution in [2.75, 3.05) is 31.5 Å². The number of nitrogens with zero attached hydrogens (tertiary/aromatic N) is 3. The highest BCUT2D eigenvalue weighted by atomic mass is 16.2. The van der Waals surface area contributed by atoms with E-state index in [2.05, 4.69) is 26.6 Å². The van der Waals surface area contributed by atoms with Crippen LogP contribution < -0.4 is 10.6 Å². The van der Waals surface area contributed by atoms with Crippen LogP contribution >= 0.6 is 0 Å². The average molecular weight is 349 g/mol. The van der Waals surface area contributed by atoms with E-state index in [1.807, 2.05) is 30.3 Å². The van der Waals surface area contributed by atoms with Crippen LogP contribution in [0.15, 0.2) is 48.7 Å². The van der Waals surface area contributed by atoms with Gasteiger partial charge in [-0.05, 0) is 36.6 Å². The number of anilines is 1. The number of nitrogens with one attached hydrogen (secondary N) is 2. The average Bonchev–Trinajstić information content (AvgIpc) is 3.13. The van der Waals surface area contributed by atoms with E-state index in [1.165, 1.54) is 0 Å². The molecule has 6 heteroatoms. The smallest absolute Gasteiger partial charge is 0.234 e. The van der Waals surface area contributed by atoms with Gasteiger partial charge in [0.15, 0.2) is 0 Å². The quantitative estimate of drug-likeness (QED) is 0.799. The second-order valence-electron chi connectivity index (χ2n) is 6.54. The van der Waals surface area contributed by atoms with E-state index < -0.39 is 0 Å². The molecule has 1 aromatic heterocycles. The van der Waals surface area contributed by atoms with Crippen LogP contribution in [0.4, 0.5) is 5.82 Å². The summed E-state index contributed by atoms with van der Waals surface area (Å²) >= 11 is 0. The Morgan fingerprint density at radius 3 is 2.92 bits per heavy atom. The Morgan fingerprint density at radius 2 is 2.12 bits per heavy atom. The summed E-state index contributed by atoms with van der Waals surface area (Å²) in [6.07, 6.45) is 2.72. The molecule has 26 heavy (non-hydrogen) atoms. The predicted molar refractivity (Wildman–Crippen MR) is 100 cm³/mol. The number of benzene rings is 1. The molecule has 0 unspecified atom stereocenters. The summed E-state index contributed by atoms with van der Waals surface area (Å²) in [5.41, 5.74) is 1.66. The van der Waals surface area contributed by atoms with Gasteiger partial charge in [0.1, 0.15) is 11.9 Å². The Balaban J connectivity index is 1.39. The van der Waals surface area contributed by atoms with Crippen molar-refractivity contribution in [1.29, 1.82) is 5.26 Å². The van der Waals surface area contributed by atoms with Crippen molar-refractivity contribution in [2.45, 2.75) is 13.0 Å². The zero-order chi connectivity index (χ0) is 18.2. The van der Waals surface area contributed by atoms with Gasteiger partial charge in [0.2, 0.25) is 5.91 Å². The molecule has 3 rings (SSSR count). The van der Waals surface area contributed by atoms with Crippen molar-refractivity contribution < 1.29 is 4.79 Å². The maximum absolute atomic E-state index is 12.1. The first-order chi connectivity index (χ1) is 12.7. The van der Waals surface area contributed by atoms with Crippen LogP contribution in [0.1, 0.15) is 17.5 Å². The number of carbonyl (C=O) groups is 1. The highest BCUT2D eigenvalue weighted by Gasteiger charge is 2.24. The first-order valence-corrected chi connectivity index (χ1v) is 8.86. The van der Waals surface area contributed by atoms with Gasteiger partial charge in [0.25, 0.3) is 0 Å². The van der Waals surface area contributed by atoms with Gasteiger partial charge in [-0.15, -0.1) is 0 Å². The number of rotatable bonds is 7. The van der Waals surface area contributed by atoms with Gasteiger partial charge in [0, 0.05) is 25.8 Å². The molecular formula is C20H23N5O. The lowest BCUT2D eigenvalue weighted by Crippen LogP contribution is -2.36. The van der Waals surface area contributed by atoms with Crippen LogP contribution in [0.3, 0.4) is 0 Å². The standard InChI is InChI=1S/C20H23N5O/c21-11-18-7-4-9-22-20(18)24-13-17-8-10-25(14-17)15-19(26)23-12-16-5-2-1-3-6-16/h1-7,9,17H,8,10,12-15H2,(H,22,24)(H,23,26)/t17-/m1/s1. The van der Waals surface area contributed by atoms with Gasteiger partial charge >= 0.3 is 0 Å². The molecule has 0 spiro atoms. The fourth-order valence-corrected chi connectivity index (χ4v) is 3.16. The second-order valence-corrected chi connectivity index (χ2v) is 6.54.